The second-order valence-corrected chi connectivity index (χ2v) is 5.47. The topological polar surface area (TPSA) is 94.6 Å². The van der Waals surface area contributed by atoms with Gasteiger partial charge in [0.1, 0.15) is 17.6 Å². The maximum atomic E-state index is 12.3. The number of rotatable bonds is 7. The Morgan fingerprint density at radius 3 is 2.62 bits per heavy atom. The summed E-state index contributed by atoms with van der Waals surface area (Å²) in [4.78, 5) is 22.6. The zero-order valence-electron chi connectivity index (χ0n) is 13.7. The smallest absolute Gasteiger partial charge is 0.273 e. The summed E-state index contributed by atoms with van der Waals surface area (Å²) in [5.74, 6) is 0.477. The average Bonchev–Trinajstić information content (AvgIpc) is 3.20. The zero-order valence-corrected chi connectivity index (χ0v) is 13.7. The van der Waals surface area contributed by atoms with Crippen LogP contribution >= 0.6 is 0 Å². The Labute approximate surface area is 149 Å². The maximum absolute atomic E-state index is 12.3. The van der Waals surface area contributed by atoms with Gasteiger partial charge in [0.25, 0.3) is 11.6 Å². The minimum Gasteiger partial charge on any atom is -0.484 e. The number of hydrogen-bond donors (Lipinski definition) is 1. The number of nitro benzene ring substituents is 1. The minimum absolute atomic E-state index is 0.0966. The number of ether oxygens (including phenoxy) is 1. The van der Waals surface area contributed by atoms with Crippen LogP contribution in [0.15, 0.2) is 77.4 Å². The Bertz CT molecular complexity index is 878. The number of amides is 1. The number of nitro groups is 1. The van der Waals surface area contributed by atoms with Gasteiger partial charge in [-0.1, -0.05) is 36.4 Å². The van der Waals surface area contributed by atoms with Crippen LogP contribution in [0.3, 0.4) is 0 Å². The van der Waals surface area contributed by atoms with Crippen LogP contribution < -0.4 is 10.1 Å². The second-order valence-electron chi connectivity index (χ2n) is 5.47. The van der Waals surface area contributed by atoms with Crippen LogP contribution in [0.1, 0.15) is 17.4 Å². The van der Waals surface area contributed by atoms with Crippen molar-refractivity contribution in [3.63, 3.8) is 0 Å². The summed E-state index contributed by atoms with van der Waals surface area (Å²) >= 11 is 0. The maximum Gasteiger partial charge on any atom is 0.273 e. The molecule has 0 bridgehead atoms. The van der Waals surface area contributed by atoms with Crippen molar-refractivity contribution in [3.05, 3.63) is 94.4 Å². The van der Waals surface area contributed by atoms with E-state index in [-0.39, 0.29) is 24.0 Å². The Morgan fingerprint density at radius 1 is 1.12 bits per heavy atom. The van der Waals surface area contributed by atoms with Gasteiger partial charge in [-0.15, -0.1) is 0 Å². The van der Waals surface area contributed by atoms with Crippen LogP contribution in [0.5, 0.6) is 5.75 Å². The van der Waals surface area contributed by atoms with E-state index in [0.29, 0.717) is 5.76 Å². The fourth-order valence-corrected chi connectivity index (χ4v) is 2.46. The fourth-order valence-electron chi connectivity index (χ4n) is 2.46. The van der Waals surface area contributed by atoms with E-state index in [4.69, 9.17) is 9.15 Å². The van der Waals surface area contributed by atoms with E-state index in [2.05, 4.69) is 5.32 Å². The van der Waals surface area contributed by atoms with E-state index >= 15 is 0 Å². The molecule has 7 heteroatoms. The van der Waals surface area contributed by atoms with Crippen molar-refractivity contribution >= 4 is 11.6 Å². The predicted molar refractivity (Wildman–Crippen MR) is 93.7 cm³/mol. The first kappa shape index (κ1) is 17.2. The van der Waals surface area contributed by atoms with Crippen molar-refractivity contribution in [3.8, 4) is 5.75 Å². The second kappa shape index (κ2) is 7.98. The lowest BCUT2D eigenvalue weighted by Gasteiger charge is -2.17. The minimum atomic E-state index is -0.519. The molecule has 0 saturated carbocycles. The highest BCUT2D eigenvalue weighted by Gasteiger charge is 2.19. The third-order valence-electron chi connectivity index (χ3n) is 3.66. The summed E-state index contributed by atoms with van der Waals surface area (Å²) in [6.07, 6.45) is 1.54. The van der Waals surface area contributed by atoms with Gasteiger partial charge in [-0.3, -0.25) is 14.9 Å². The predicted octanol–water partition coefficient (Wildman–Crippen LogP) is 3.47. The Hall–Kier alpha value is -3.61. The highest BCUT2D eigenvalue weighted by atomic mass is 16.6. The molecule has 0 aliphatic carbocycles. The molecule has 1 amide bonds. The molecule has 7 nitrogen and oxygen atoms in total. The van der Waals surface area contributed by atoms with E-state index in [1.54, 1.807) is 18.2 Å². The molecule has 0 spiro atoms. The summed E-state index contributed by atoms with van der Waals surface area (Å²) in [7, 11) is 0. The first-order valence-electron chi connectivity index (χ1n) is 7.88. The lowest BCUT2D eigenvalue weighted by molar-refractivity contribution is -0.384. The summed E-state index contributed by atoms with van der Waals surface area (Å²) in [6, 6.07) is 18.2. The van der Waals surface area contributed by atoms with Crippen molar-refractivity contribution in [2.75, 3.05) is 6.61 Å². The van der Waals surface area contributed by atoms with Gasteiger partial charge in [-0.2, -0.15) is 0 Å². The molecule has 1 atom stereocenters. The summed E-state index contributed by atoms with van der Waals surface area (Å²) in [6.45, 7) is -0.273. The molecule has 3 aromatic rings. The van der Waals surface area contributed by atoms with Gasteiger partial charge < -0.3 is 14.5 Å². The standard InChI is InChI=1S/C19H16N2O5/c22-18(13-26-16-9-4-8-15(12-16)21(23)24)20-19(17-10-5-11-25-17)14-6-2-1-3-7-14/h1-12,19H,13H2,(H,20,22). The largest absolute Gasteiger partial charge is 0.484 e. The van der Waals surface area contributed by atoms with Gasteiger partial charge in [0.15, 0.2) is 6.61 Å². The van der Waals surface area contributed by atoms with Crippen LogP contribution in [0.4, 0.5) is 5.69 Å². The van der Waals surface area contributed by atoms with E-state index in [0.717, 1.165) is 5.56 Å². The monoisotopic (exact) mass is 352 g/mol. The number of nitrogens with zero attached hydrogens (tertiary/aromatic N) is 1. The van der Waals surface area contributed by atoms with Crippen molar-refractivity contribution in [1.82, 2.24) is 5.32 Å². The fraction of sp³-hybridized carbons (Fsp3) is 0.105. The van der Waals surface area contributed by atoms with Crippen LogP contribution in [-0.2, 0) is 4.79 Å². The van der Waals surface area contributed by atoms with Crippen LogP contribution in [0.25, 0.3) is 0 Å². The van der Waals surface area contributed by atoms with E-state index in [9.17, 15) is 14.9 Å². The Morgan fingerprint density at radius 2 is 1.92 bits per heavy atom. The van der Waals surface area contributed by atoms with Gasteiger partial charge in [0.05, 0.1) is 17.3 Å². The lowest BCUT2D eigenvalue weighted by Crippen LogP contribution is -2.33. The quantitative estimate of drug-likeness (QED) is 0.519. The number of furan rings is 1. The number of nitrogens with one attached hydrogen (secondary N) is 1. The molecule has 0 fully saturated rings. The molecule has 0 radical (unpaired) electrons. The lowest BCUT2D eigenvalue weighted by atomic mass is 10.0. The number of hydrogen-bond acceptors (Lipinski definition) is 5. The van der Waals surface area contributed by atoms with Crippen molar-refractivity contribution in [1.29, 1.82) is 0 Å². The van der Waals surface area contributed by atoms with Crippen LogP contribution in [-0.4, -0.2) is 17.4 Å². The van der Waals surface area contributed by atoms with E-state index in [1.165, 1.54) is 24.5 Å². The molecular weight excluding hydrogens is 336 g/mol. The van der Waals surface area contributed by atoms with E-state index in [1.807, 2.05) is 30.3 Å². The third kappa shape index (κ3) is 4.27. The highest BCUT2D eigenvalue weighted by molar-refractivity contribution is 5.78. The number of carbonyl (C=O) groups excluding carboxylic acids is 1. The van der Waals surface area contributed by atoms with Gasteiger partial charge in [-0.25, -0.2) is 0 Å². The average molecular weight is 352 g/mol. The van der Waals surface area contributed by atoms with Gasteiger partial charge in [-0.05, 0) is 23.8 Å². The molecule has 1 heterocycles. The Kier molecular flexibility index (Phi) is 5.28. The van der Waals surface area contributed by atoms with Crippen LogP contribution in [0, 0.1) is 10.1 Å². The molecule has 132 valence electrons. The molecule has 1 N–H and O–H groups in total. The molecule has 3 rings (SSSR count). The molecule has 26 heavy (non-hydrogen) atoms. The summed E-state index contributed by atoms with van der Waals surface area (Å²) in [5.41, 5.74) is 0.770. The first-order valence-corrected chi connectivity index (χ1v) is 7.88. The third-order valence-corrected chi connectivity index (χ3v) is 3.66. The summed E-state index contributed by atoms with van der Waals surface area (Å²) < 4.78 is 10.8. The SMILES string of the molecule is O=C(COc1cccc([N+](=O)[O-])c1)NC(c1ccccc1)c1ccco1. The Balaban J connectivity index is 1.67. The van der Waals surface area contributed by atoms with E-state index < -0.39 is 11.0 Å². The molecule has 0 aliphatic heterocycles. The number of non-ortho nitro benzene ring substituents is 1. The molecule has 2 aromatic carbocycles. The van der Waals surface area contributed by atoms with Crippen molar-refractivity contribution in [2.24, 2.45) is 0 Å². The number of carbonyl (C=O) groups is 1. The summed E-state index contributed by atoms with van der Waals surface area (Å²) in [5, 5.41) is 13.6. The van der Waals surface area contributed by atoms with Crippen LogP contribution in [0.2, 0.25) is 0 Å². The van der Waals surface area contributed by atoms with Crippen molar-refractivity contribution < 1.29 is 18.9 Å². The number of benzene rings is 2. The van der Waals surface area contributed by atoms with Gasteiger partial charge in [0.2, 0.25) is 0 Å². The van der Waals surface area contributed by atoms with Gasteiger partial charge in [0, 0.05) is 6.07 Å². The zero-order chi connectivity index (χ0) is 18.4. The van der Waals surface area contributed by atoms with Crippen molar-refractivity contribution in [2.45, 2.75) is 6.04 Å². The normalized spacial score (nSPS) is 11.5. The molecule has 0 saturated heterocycles. The first-order chi connectivity index (χ1) is 12.6. The van der Waals surface area contributed by atoms with Gasteiger partial charge >= 0.3 is 0 Å². The molecule has 0 aliphatic rings. The molecule has 1 aromatic heterocycles. The molecular formula is C19H16N2O5. The molecule has 1 unspecified atom stereocenters. The highest BCUT2D eigenvalue weighted by Crippen LogP contribution is 2.23.